The summed E-state index contributed by atoms with van der Waals surface area (Å²) in [5.74, 6) is -0.807. The maximum Gasteiger partial charge on any atom is 0.157 e. The number of hydrogen-bond acceptors (Lipinski definition) is 2. The predicted molar refractivity (Wildman–Crippen MR) is 105 cm³/mol. The van der Waals surface area contributed by atoms with Gasteiger partial charge in [0.25, 0.3) is 0 Å². The fourth-order valence-corrected chi connectivity index (χ4v) is 4.96. The SMILES string of the molecule is CC(C)(C)c1cc2ccccc2c2nc3c(F)c4c(c(F)c3n12)C1CCC4O1. The number of imidazole rings is 1. The summed E-state index contributed by atoms with van der Waals surface area (Å²) in [7, 11) is 0. The molecule has 5 heteroatoms. The Balaban J connectivity index is 1.89. The van der Waals surface area contributed by atoms with Crippen LogP contribution in [0.15, 0.2) is 30.3 Å². The minimum atomic E-state index is -0.425. The van der Waals surface area contributed by atoms with Gasteiger partial charge in [0.2, 0.25) is 0 Å². The van der Waals surface area contributed by atoms with Gasteiger partial charge in [-0.2, -0.15) is 0 Å². The molecule has 0 spiro atoms. The Morgan fingerprint density at radius 2 is 1.71 bits per heavy atom. The van der Waals surface area contributed by atoms with E-state index in [4.69, 9.17) is 4.74 Å². The Morgan fingerprint density at radius 1 is 1.04 bits per heavy atom. The zero-order valence-electron chi connectivity index (χ0n) is 16.0. The molecule has 2 aliphatic heterocycles. The highest BCUT2D eigenvalue weighted by molar-refractivity contribution is 5.99. The van der Waals surface area contributed by atoms with Crippen LogP contribution in [0.4, 0.5) is 8.78 Å². The summed E-state index contributed by atoms with van der Waals surface area (Å²) in [6, 6.07) is 9.94. The second kappa shape index (κ2) is 5.09. The molecule has 2 aliphatic rings. The van der Waals surface area contributed by atoms with Gasteiger partial charge in [-0.25, -0.2) is 13.8 Å². The number of nitrogens with zero attached hydrogens (tertiary/aromatic N) is 2. The molecule has 0 N–H and O–H groups in total. The van der Waals surface area contributed by atoms with Gasteiger partial charge in [-0.05, 0) is 24.3 Å². The van der Waals surface area contributed by atoms with Crippen molar-refractivity contribution in [3.05, 3.63) is 58.8 Å². The Morgan fingerprint density at radius 3 is 2.43 bits per heavy atom. The second-order valence-electron chi connectivity index (χ2n) is 8.98. The first kappa shape index (κ1) is 16.4. The molecule has 1 saturated heterocycles. The lowest BCUT2D eigenvalue weighted by Crippen LogP contribution is -2.17. The van der Waals surface area contributed by atoms with E-state index in [9.17, 15) is 0 Å². The van der Waals surface area contributed by atoms with E-state index in [1.165, 1.54) is 0 Å². The number of fused-ring (bicyclic) bond motifs is 10. The average Bonchev–Trinajstić information content (AvgIpc) is 3.37. The molecule has 2 atom stereocenters. The molecule has 0 radical (unpaired) electrons. The van der Waals surface area contributed by atoms with Crippen LogP contribution in [-0.4, -0.2) is 9.38 Å². The Kier molecular flexibility index (Phi) is 2.99. The van der Waals surface area contributed by atoms with E-state index in [0.717, 1.165) is 29.3 Å². The molecule has 2 bridgehead atoms. The smallest absolute Gasteiger partial charge is 0.157 e. The van der Waals surface area contributed by atoms with Crippen molar-refractivity contribution >= 4 is 27.5 Å². The van der Waals surface area contributed by atoms with E-state index >= 15 is 8.78 Å². The highest BCUT2D eigenvalue weighted by Crippen LogP contribution is 2.54. The number of aromatic nitrogens is 2. The van der Waals surface area contributed by atoms with Gasteiger partial charge in [-0.15, -0.1) is 0 Å². The Labute approximate surface area is 160 Å². The molecule has 0 aliphatic carbocycles. The van der Waals surface area contributed by atoms with Crippen molar-refractivity contribution in [3.63, 3.8) is 0 Å². The van der Waals surface area contributed by atoms with Crippen LogP contribution in [0.3, 0.4) is 0 Å². The van der Waals surface area contributed by atoms with E-state index in [1.807, 2.05) is 28.7 Å². The van der Waals surface area contributed by atoms with Gasteiger partial charge in [0.05, 0.1) is 12.2 Å². The summed E-state index contributed by atoms with van der Waals surface area (Å²) in [6.45, 7) is 6.24. The van der Waals surface area contributed by atoms with Gasteiger partial charge >= 0.3 is 0 Å². The highest BCUT2D eigenvalue weighted by atomic mass is 19.1. The fourth-order valence-electron chi connectivity index (χ4n) is 4.96. The van der Waals surface area contributed by atoms with Crippen molar-refractivity contribution in [1.29, 1.82) is 0 Å². The van der Waals surface area contributed by atoms with Gasteiger partial charge in [-0.1, -0.05) is 45.0 Å². The van der Waals surface area contributed by atoms with Crippen LogP contribution in [0.25, 0.3) is 27.5 Å². The lowest BCUT2D eigenvalue weighted by atomic mass is 9.89. The third-order valence-corrected chi connectivity index (χ3v) is 6.22. The Hall–Kier alpha value is -2.53. The van der Waals surface area contributed by atoms with Crippen LogP contribution >= 0.6 is 0 Å². The number of hydrogen-bond donors (Lipinski definition) is 0. The molecular formula is C23H20F2N2O. The topological polar surface area (TPSA) is 26.5 Å². The largest absolute Gasteiger partial charge is 0.365 e. The molecular weight excluding hydrogens is 358 g/mol. The van der Waals surface area contributed by atoms with E-state index in [2.05, 4.69) is 31.8 Å². The molecule has 3 nitrogen and oxygen atoms in total. The summed E-state index contributed by atoms with van der Waals surface area (Å²) in [6.07, 6.45) is 0.791. The van der Waals surface area contributed by atoms with Gasteiger partial charge in [0, 0.05) is 27.6 Å². The molecule has 6 rings (SSSR count). The molecule has 4 heterocycles. The Bertz CT molecular complexity index is 1320. The van der Waals surface area contributed by atoms with Gasteiger partial charge < -0.3 is 4.74 Å². The molecule has 0 amide bonds. The van der Waals surface area contributed by atoms with E-state index in [0.29, 0.717) is 16.8 Å². The van der Waals surface area contributed by atoms with Crippen molar-refractivity contribution in [2.24, 2.45) is 0 Å². The molecule has 2 unspecified atom stereocenters. The summed E-state index contributed by atoms with van der Waals surface area (Å²) in [5.41, 5.74) is 2.36. The van der Waals surface area contributed by atoms with Crippen molar-refractivity contribution in [2.45, 2.75) is 51.2 Å². The number of ether oxygens (including phenoxy) is 1. The molecule has 4 aromatic rings. The zero-order chi connectivity index (χ0) is 19.4. The standard InChI is InChI=1S/C23H20F2N2O/c1-23(2,3)15-10-11-6-4-5-7-12(11)22-26-20-18(24)16-13-8-9-14(28-13)17(16)19(25)21(20)27(15)22/h4-7,10,13-14H,8-9H2,1-3H3. The second-order valence-corrected chi connectivity index (χ2v) is 8.98. The first-order valence-corrected chi connectivity index (χ1v) is 9.77. The van der Waals surface area contributed by atoms with Crippen LogP contribution < -0.4 is 0 Å². The van der Waals surface area contributed by atoms with E-state index < -0.39 is 5.82 Å². The van der Waals surface area contributed by atoms with Crippen LogP contribution in [0.5, 0.6) is 0 Å². The first-order chi connectivity index (χ1) is 13.4. The normalized spacial score (nSPS) is 21.3. The number of halogens is 2. The number of pyridine rings is 1. The minimum Gasteiger partial charge on any atom is -0.365 e. The van der Waals surface area contributed by atoms with Gasteiger partial charge in [0.1, 0.15) is 16.7 Å². The molecule has 2 aromatic heterocycles. The zero-order valence-corrected chi connectivity index (χ0v) is 16.0. The molecule has 2 aromatic carbocycles. The molecule has 0 saturated carbocycles. The quantitative estimate of drug-likeness (QED) is 0.368. The van der Waals surface area contributed by atoms with Crippen LogP contribution in [0.1, 0.15) is 62.6 Å². The summed E-state index contributed by atoms with van der Waals surface area (Å²) < 4.78 is 39.0. The van der Waals surface area contributed by atoms with E-state index in [1.54, 1.807) is 0 Å². The number of benzene rings is 2. The van der Waals surface area contributed by atoms with Crippen LogP contribution in [-0.2, 0) is 10.2 Å². The molecule has 28 heavy (non-hydrogen) atoms. The van der Waals surface area contributed by atoms with Gasteiger partial charge in [-0.3, -0.25) is 4.40 Å². The minimum absolute atomic E-state index is 0.106. The lowest BCUT2D eigenvalue weighted by molar-refractivity contribution is 0.0695. The van der Waals surface area contributed by atoms with Crippen molar-refractivity contribution in [1.82, 2.24) is 9.38 Å². The average molecular weight is 378 g/mol. The van der Waals surface area contributed by atoms with Crippen molar-refractivity contribution in [3.8, 4) is 0 Å². The first-order valence-electron chi connectivity index (χ1n) is 9.77. The predicted octanol–water partition coefficient (Wildman–Crippen LogP) is 6.12. The molecule has 1 fully saturated rings. The fraction of sp³-hybridized carbons (Fsp3) is 0.348. The van der Waals surface area contributed by atoms with Crippen molar-refractivity contribution < 1.29 is 13.5 Å². The van der Waals surface area contributed by atoms with Crippen LogP contribution in [0, 0.1) is 11.6 Å². The monoisotopic (exact) mass is 378 g/mol. The molecule has 142 valence electrons. The maximum atomic E-state index is 15.8. The highest BCUT2D eigenvalue weighted by Gasteiger charge is 2.44. The van der Waals surface area contributed by atoms with Crippen molar-refractivity contribution in [2.75, 3.05) is 0 Å². The summed E-state index contributed by atoms with van der Waals surface area (Å²) in [4.78, 5) is 4.63. The van der Waals surface area contributed by atoms with Crippen LogP contribution in [0.2, 0.25) is 0 Å². The summed E-state index contributed by atoms with van der Waals surface area (Å²) in [5, 5.41) is 1.91. The summed E-state index contributed by atoms with van der Waals surface area (Å²) >= 11 is 0. The van der Waals surface area contributed by atoms with E-state index in [-0.39, 0.29) is 34.5 Å². The maximum absolute atomic E-state index is 15.8. The number of rotatable bonds is 0. The third-order valence-electron chi connectivity index (χ3n) is 6.22. The van der Waals surface area contributed by atoms with Gasteiger partial charge in [0.15, 0.2) is 11.6 Å². The third kappa shape index (κ3) is 1.88. The lowest BCUT2D eigenvalue weighted by Gasteiger charge is -2.23.